The molecule has 0 unspecified atom stereocenters. The van der Waals surface area contributed by atoms with Crippen molar-refractivity contribution in [1.29, 1.82) is 4.78 Å². The van der Waals surface area contributed by atoms with Crippen molar-refractivity contribution in [3.05, 3.63) is 60.3 Å². The van der Waals surface area contributed by atoms with Crippen LogP contribution in [-0.4, -0.2) is 9.19 Å². The third-order valence-corrected chi connectivity index (χ3v) is 4.80. The molecule has 0 radical (unpaired) electrons. The summed E-state index contributed by atoms with van der Waals surface area (Å²) in [6.07, 6.45) is -2.89. The lowest BCUT2D eigenvalue weighted by Gasteiger charge is -2.12. The summed E-state index contributed by atoms with van der Waals surface area (Å²) >= 11 is 0. The fraction of sp³-hybridized carbons (Fsp3) is 0.0667. The molecule has 0 aliphatic rings. The van der Waals surface area contributed by atoms with Gasteiger partial charge < -0.3 is 4.98 Å². The molecule has 1 heterocycles. The molecule has 4 nitrogen and oxygen atoms in total. The second-order valence-corrected chi connectivity index (χ2v) is 6.72. The van der Waals surface area contributed by atoms with Gasteiger partial charge >= 0.3 is 6.18 Å². The first-order chi connectivity index (χ1) is 10.8. The molecule has 1 aromatic heterocycles. The number of rotatable bonds is 3. The lowest BCUT2D eigenvalue weighted by Crippen LogP contribution is -2.12. The molecule has 0 bridgehead atoms. The molecular weight excluding hydrogens is 327 g/mol. The Kier molecular flexibility index (Phi) is 3.56. The van der Waals surface area contributed by atoms with E-state index in [9.17, 15) is 17.4 Å². The fourth-order valence-electron chi connectivity index (χ4n) is 2.21. The minimum absolute atomic E-state index is 0.0178. The SMILES string of the molecule is N=[S@@](=O)(Nc1c[nH]c2ccccc12)c1ccc(C(F)(F)F)cc1. The summed E-state index contributed by atoms with van der Waals surface area (Å²) in [7, 11) is -3.47. The third-order valence-electron chi connectivity index (χ3n) is 3.36. The predicted molar refractivity (Wildman–Crippen MR) is 82.5 cm³/mol. The standard InChI is InChI=1S/C15H12F3N3OS/c16-15(17,18)10-5-7-11(8-6-10)23(19,22)21-14-9-20-13-4-2-1-3-12(13)14/h1-9,20H,(H2,19,21,22)/t23-/m1/s1. The van der Waals surface area contributed by atoms with Gasteiger partial charge in [-0.15, -0.1) is 0 Å². The second kappa shape index (κ2) is 5.31. The van der Waals surface area contributed by atoms with Crippen LogP contribution in [0.4, 0.5) is 18.9 Å². The number of para-hydroxylation sites is 1. The van der Waals surface area contributed by atoms with E-state index in [2.05, 4.69) is 9.71 Å². The molecule has 3 rings (SSSR count). The van der Waals surface area contributed by atoms with Crippen LogP contribution in [0.15, 0.2) is 59.6 Å². The topological polar surface area (TPSA) is 68.7 Å². The summed E-state index contributed by atoms with van der Waals surface area (Å²) in [5.41, 5.74) is 0.418. The zero-order valence-corrected chi connectivity index (χ0v) is 12.5. The van der Waals surface area contributed by atoms with Gasteiger partial charge in [0.05, 0.1) is 16.1 Å². The summed E-state index contributed by atoms with van der Waals surface area (Å²) in [5, 5.41) is 0.749. The smallest absolute Gasteiger partial charge is 0.359 e. The Labute approximate surface area is 130 Å². The first kappa shape index (κ1) is 15.4. The van der Waals surface area contributed by atoms with Crippen LogP contribution in [-0.2, 0) is 16.1 Å². The Bertz CT molecular complexity index is 944. The number of halogens is 3. The van der Waals surface area contributed by atoms with Gasteiger partial charge in [-0.25, -0.2) is 8.99 Å². The molecule has 2 aromatic carbocycles. The van der Waals surface area contributed by atoms with Crippen molar-refractivity contribution < 1.29 is 17.4 Å². The maximum atomic E-state index is 12.6. The highest BCUT2D eigenvalue weighted by molar-refractivity contribution is 7.93. The molecule has 1 atom stereocenters. The van der Waals surface area contributed by atoms with Crippen molar-refractivity contribution in [2.24, 2.45) is 0 Å². The van der Waals surface area contributed by atoms with Crippen molar-refractivity contribution in [2.75, 3.05) is 4.72 Å². The second-order valence-electron chi connectivity index (χ2n) is 4.93. The van der Waals surface area contributed by atoms with Crippen LogP contribution in [0.5, 0.6) is 0 Å². The minimum atomic E-state index is -4.47. The van der Waals surface area contributed by atoms with E-state index in [0.717, 1.165) is 35.2 Å². The molecule has 0 saturated carbocycles. The number of fused-ring (bicyclic) bond motifs is 1. The molecule has 3 aromatic rings. The first-order valence-corrected chi connectivity index (χ1v) is 8.13. The number of hydrogen-bond donors (Lipinski definition) is 3. The average molecular weight is 339 g/mol. The van der Waals surface area contributed by atoms with Crippen molar-refractivity contribution >= 4 is 26.5 Å². The number of H-pyrrole nitrogens is 1. The number of aromatic nitrogens is 1. The summed E-state index contributed by atoms with van der Waals surface area (Å²) in [6, 6.07) is 11.0. The highest BCUT2D eigenvalue weighted by Crippen LogP contribution is 2.30. The predicted octanol–water partition coefficient (Wildman–Crippen LogP) is 4.62. The van der Waals surface area contributed by atoms with Gasteiger partial charge in [0.25, 0.3) is 0 Å². The van der Waals surface area contributed by atoms with E-state index in [1.165, 1.54) is 0 Å². The molecule has 8 heteroatoms. The van der Waals surface area contributed by atoms with E-state index in [-0.39, 0.29) is 4.90 Å². The van der Waals surface area contributed by atoms with Crippen LogP contribution in [0.2, 0.25) is 0 Å². The summed E-state index contributed by atoms with van der Waals surface area (Å²) in [5.74, 6) is 0. The Morgan fingerprint density at radius 2 is 1.70 bits per heavy atom. The monoisotopic (exact) mass is 339 g/mol. The van der Waals surface area contributed by atoms with Gasteiger partial charge in [0.15, 0.2) is 9.92 Å². The minimum Gasteiger partial charge on any atom is -0.359 e. The van der Waals surface area contributed by atoms with E-state index < -0.39 is 21.7 Å². The Morgan fingerprint density at radius 3 is 2.35 bits per heavy atom. The molecule has 0 aliphatic carbocycles. The lowest BCUT2D eigenvalue weighted by atomic mass is 10.2. The zero-order valence-electron chi connectivity index (χ0n) is 11.6. The Hall–Kier alpha value is -2.48. The zero-order chi connectivity index (χ0) is 16.7. The van der Waals surface area contributed by atoms with Crippen LogP contribution in [0, 0.1) is 4.78 Å². The summed E-state index contributed by atoms with van der Waals surface area (Å²) in [4.78, 5) is 2.95. The number of nitrogens with one attached hydrogen (secondary N) is 3. The van der Waals surface area contributed by atoms with Crippen molar-refractivity contribution in [3.8, 4) is 0 Å². The van der Waals surface area contributed by atoms with E-state index in [4.69, 9.17) is 4.78 Å². The quantitative estimate of drug-likeness (QED) is 0.640. The normalized spacial score (nSPS) is 14.6. The maximum absolute atomic E-state index is 12.6. The molecule has 0 aliphatic heterocycles. The maximum Gasteiger partial charge on any atom is 0.416 e. The Balaban J connectivity index is 1.93. The van der Waals surface area contributed by atoms with Crippen LogP contribution in [0.25, 0.3) is 10.9 Å². The molecular formula is C15H12F3N3OS. The summed E-state index contributed by atoms with van der Waals surface area (Å²) in [6.45, 7) is 0. The highest BCUT2D eigenvalue weighted by atomic mass is 32.2. The lowest BCUT2D eigenvalue weighted by molar-refractivity contribution is -0.137. The van der Waals surface area contributed by atoms with Crippen LogP contribution < -0.4 is 4.72 Å². The van der Waals surface area contributed by atoms with E-state index in [0.29, 0.717) is 5.69 Å². The van der Waals surface area contributed by atoms with E-state index in [1.54, 1.807) is 18.3 Å². The number of alkyl halides is 3. The van der Waals surface area contributed by atoms with E-state index in [1.807, 2.05) is 12.1 Å². The van der Waals surface area contributed by atoms with Gasteiger partial charge in [0, 0.05) is 17.1 Å². The number of benzene rings is 2. The fourth-order valence-corrected chi connectivity index (χ4v) is 3.32. The van der Waals surface area contributed by atoms with Crippen molar-refractivity contribution in [1.82, 2.24) is 4.98 Å². The molecule has 0 amide bonds. The highest BCUT2D eigenvalue weighted by Gasteiger charge is 2.30. The van der Waals surface area contributed by atoms with Crippen LogP contribution in [0.3, 0.4) is 0 Å². The first-order valence-electron chi connectivity index (χ1n) is 6.57. The van der Waals surface area contributed by atoms with Crippen molar-refractivity contribution in [3.63, 3.8) is 0 Å². The molecule has 120 valence electrons. The van der Waals surface area contributed by atoms with Gasteiger partial charge in [0.2, 0.25) is 0 Å². The third kappa shape index (κ3) is 3.02. The van der Waals surface area contributed by atoms with Crippen LogP contribution in [0.1, 0.15) is 5.56 Å². The molecule has 3 N–H and O–H groups in total. The molecule has 23 heavy (non-hydrogen) atoms. The Morgan fingerprint density at radius 1 is 1.04 bits per heavy atom. The summed E-state index contributed by atoms with van der Waals surface area (Å²) < 4.78 is 60.8. The number of hydrogen-bond acceptors (Lipinski definition) is 2. The van der Waals surface area contributed by atoms with Gasteiger partial charge in [-0.1, -0.05) is 18.2 Å². The average Bonchev–Trinajstić information content (AvgIpc) is 2.89. The van der Waals surface area contributed by atoms with Gasteiger partial charge in [-0.05, 0) is 30.3 Å². The van der Waals surface area contributed by atoms with Gasteiger partial charge in [-0.3, -0.25) is 4.72 Å². The molecule has 0 saturated heterocycles. The molecule has 0 spiro atoms. The van der Waals surface area contributed by atoms with E-state index >= 15 is 0 Å². The molecule has 0 fully saturated rings. The van der Waals surface area contributed by atoms with Crippen molar-refractivity contribution in [2.45, 2.75) is 11.1 Å². The largest absolute Gasteiger partial charge is 0.416 e. The van der Waals surface area contributed by atoms with Crippen LogP contribution >= 0.6 is 0 Å². The van der Waals surface area contributed by atoms with Gasteiger partial charge in [0.1, 0.15) is 0 Å². The number of aromatic amines is 1. The number of anilines is 1. The van der Waals surface area contributed by atoms with Gasteiger partial charge in [-0.2, -0.15) is 13.2 Å².